The van der Waals surface area contributed by atoms with Crippen LogP contribution in [0.2, 0.25) is 0 Å². The van der Waals surface area contributed by atoms with Crippen LogP contribution in [-0.2, 0) is 6.18 Å². The largest absolute Gasteiger partial charge is 0.416 e. The van der Waals surface area contributed by atoms with E-state index in [0.29, 0.717) is 17.6 Å². The number of aromatic nitrogens is 3. The highest BCUT2D eigenvalue weighted by Crippen LogP contribution is 2.36. The van der Waals surface area contributed by atoms with Crippen molar-refractivity contribution >= 4 is 22.4 Å². The first-order valence-corrected chi connectivity index (χ1v) is 10.7. The number of hydrogen-bond donors (Lipinski definition) is 1. The summed E-state index contributed by atoms with van der Waals surface area (Å²) in [7, 11) is 2.08. The summed E-state index contributed by atoms with van der Waals surface area (Å²) in [6, 6.07) is 2.95. The molecule has 2 aromatic heterocycles. The van der Waals surface area contributed by atoms with E-state index in [1.807, 2.05) is 13.0 Å². The second-order valence-electron chi connectivity index (χ2n) is 8.54. The van der Waals surface area contributed by atoms with Gasteiger partial charge in [-0.1, -0.05) is 0 Å². The zero-order chi connectivity index (χ0) is 23.9. The number of anilines is 2. The molecule has 1 saturated heterocycles. The maximum atomic E-state index is 14.1. The molecule has 0 unspecified atom stereocenters. The zero-order valence-electron chi connectivity index (χ0n) is 19.0. The van der Waals surface area contributed by atoms with Gasteiger partial charge in [0.1, 0.15) is 11.6 Å². The fourth-order valence-corrected chi connectivity index (χ4v) is 4.20. The van der Waals surface area contributed by atoms with Crippen LogP contribution in [0.15, 0.2) is 24.4 Å². The molecular formula is C23H26F4N6. The second kappa shape index (κ2) is 8.74. The smallest absolute Gasteiger partial charge is 0.362 e. The Morgan fingerprint density at radius 2 is 1.70 bits per heavy atom. The monoisotopic (exact) mass is 462 g/mol. The van der Waals surface area contributed by atoms with E-state index in [9.17, 15) is 17.6 Å². The predicted octanol–water partition coefficient (Wildman–Crippen LogP) is 4.72. The number of alkyl halides is 3. The summed E-state index contributed by atoms with van der Waals surface area (Å²) in [6.45, 7) is 8.39. The molecule has 1 N–H and O–H groups in total. The van der Waals surface area contributed by atoms with Crippen LogP contribution in [0.1, 0.15) is 35.3 Å². The van der Waals surface area contributed by atoms with E-state index in [0.717, 1.165) is 48.8 Å². The van der Waals surface area contributed by atoms with Gasteiger partial charge in [0, 0.05) is 43.1 Å². The Bertz CT molecular complexity index is 1170. The molecule has 1 atom stereocenters. The lowest BCUT2D eigenvalue weighted by molar-refractivity contribution is -0.138. The highest BCUT2D eigenvalue weighted by Gasteiger charge is 2.34. The summed E-state index contributed by atoms with van der Waals surface area (Å²) in [5.41, 5.74) is -0.0891. The van der Waals surface area contributed by atoms with Crippen molar-refractivity contribution in [1.29, 1.82) is 0 Å². The van der Waals surface area contributed by atoms with Gasteiger partial charge in [-0.25, -0.2) is 9.37 Å². The number of pyridine rings is 1. The molecule has 0 bridgehead atoms. The molecule has 1 aliphatic rings. The van der Waals surface area contributed by atoms with E-state index < -0.39 is 23.6 Å². The molecule has 10 heteroatoms. The van der Waals surface area contributed by atoms with Gasteiger partial charge in [0.05, 0.1) is 17.3 Å². The molecule has 0 saturated carbocycles. The lowest BCUT2D eigenvalue weighted by Gasteiger charge is -2.33. The topological polar surface area (TPSA) is 57.2 Å². The van der Waals surface area contributed by atoms with Crippen molar-refractivity contribution in [2.24, 2.45) is 0 Å². The first-order valence-electron chi connectivity index (χ1n) is 10.7. The molecule has 0 amide bonds. The number of nitrogens with zero attached hydrogens (tertiary/aromatic N) is 5. The minimum atomic E-state index is -4.64. The van der Waals surface area contributed by atoms with E-state index in [1.54, 1.807) is 13.1 Å². The Morgan fingerprint density at radius 1 is 1.00 bits per heavy atom. The molecule has 3 aromatic rings. The van der Waals surface area contributed by atoms with Gasteiger partial charge in [-0.15, -0.1) is 5.10 Å². The maximum absolute atomic E-state index is 14.1. The van der Waals surface area contributed by atoms with Crippen molar-refractivity contribution < 1.29 is 17.6 Å². The van der Waals surface area contributed by atoms with Crippen LogP contribution < -0.4 is 10.2 Å². The van der Waals surface area contributed by atoms with Gasteiger partial charge in [-0.2, -0.15) is 18.3 Å². The van der Waals surface area contributed by atoms with Gasteiger partial charge in [0.2, 0.25) is 0 Å². The minimum absolute atomic E-state index is 0.0203. The van der Waals surface area contributed by atoms with Gasteiger partial charge >= 0.3 is 6.18 Å². The van der Waals surface area contributed by atoms with E-state index in [1.165, 1.54) is 6.92 Å². The van der Waals surface area contributed by atoms with Gasteiger partial charge in [0.25, 0.3) is 0 Å². The quantitative estimate of drug-likeness (QED) is 0.566. The number of piperazine rings is 1. The number of fused-ring (bicyclic) bond motifs is 1. The lowest BCUT2D eigenvalue weighted by atomic mass is 9.96. The number of rotatable bonds is 4. The zero-order valence-corrected chi connectivity index (χ0v) is 19.0. The van der Waals surface area contributed by atoms with Crippen molar-refractivity contribution in [2.75, 3.05) is 43.4 Å². The molecular weight excluding hydrogens is 436 g/mol. The third-order valence-corrected chi connectivity index (χ3v) is 6.20. The van der Waals surface area contributed by atoms with Crippen molar-refractivity contribution in [3.8, 4) is 0 Å². The lowest BCUT2D eigenvalue weighted by Crippen LogP contribution is -2.44. The summed E-state index contributed by atoms with van der Waals surface area (Å²) >= 11 is 0. The van der Waals surface area contributed by atoms with Crippen LogP contribution in [0.3, 0.4) is 0 Å². The van der Waals surface area contributed by atoms with Crippen LogP contribution in [0.4, 0.5) is 29.2 Å². The number of halogens is 4. The number of aryl methyl sites for hydroxylation is 1. The molecule has 0 aliphatic carbocycles. The Morgan fingerprint density at radius 3 is 2.36 bits per heavy atom. The Kier molecular flexibility index (Phi) is 6.13. The normalized spacial score (nSPS) is 16.3. The van der Waals surface area contributed by atoms with Crippen molar-refractivity contribution in [1.82, 2.24) is 20.1 Å². The molecule has 1 aromatic carbocycles. The van der Waals surface area contributed by atoms with Crippen LogP contribution in [0.5, 0.6) is 0 Å². The van der Waals surface area contributed by atoms with Crippen LogP contribution in [0.25, 0.3) is 10.8 Å². The number of hydrogen-bond acceptors (Lipinski definition) is 6. The first kappa shape index (κ1) is 23.2. The summed E-state index contributed by atoms with van der Waals surface area (Å²) in [6.07, 6.45) is -2.89. The molecule has 176 valence electrons. The predicted molar refractivity (Wildman–Crippen MR) is 120 cm³/mol. The third-order valence-electron chi connectivity index (χ3n) is 6.20. The fraction of sp³-hybridized carbons (Fsp3) is 0.435. The summed E-state index contributed by atoms with van der Waals surface area (Å²) in [4.78, 5) is 9.03. The molecule has 0 spiro atoms. The average Bonchev–Trinajstić information content (AvgIpc) is 2.76. The van der Waals surface area contributed by atoms with E-state index in [-0.39, 0.29) is 11.1 Å². The number of nitrogens with one attached hydrogen (secondary N) is 1. The molecule has 4 rings (SSSR count). The molecule has 1 fully saturated rings. The van der Waals surface area contributed by atoms with E-state index >= 15 is 0 Å². The fourth-order valence-electron chi connectivity index (χ4n) is 4.20. The number of benzene rings is 1. The van der Waals surface area contributed by atoms with Crippen LogP contribution >= 0.6 is 0 Å². The van der Waals surface area contributed by atoms with Crippen molar-refractivity contribution in [2.45, 2.75) is 33.0 Å². The standard InChI is InChI=1S/C23H26F4N6/c1-13-17(9-16(24)10-20(13)23(25,26)27)14(2)29-22-18-11-21(33-7-5-32(4)6-8-33)28-12-19(18)15(3)30-31-22/h9-12,14H,5-8H2,1-4H3,(H,29,31)/t14-/m1/s1. The van der Waals surface area contributed by atoms with E-state index in [4.69, 9.17) is 0 Å². The molecule has 1 aliphatic heterocycles. The van der Waals surface area contributed by atoms with Gasteiger partial charge in [-0.3, -0.25) is 0 Å². The molecule has 33 heavy (non-hydrogen) atoms. The van der Waals surface area contributed by atoms with Crippen molar-refractivity contribution in [3.63, 3.8) is 0 Å². The first-order chi connectivity index (χ1) is 15.5. The van der Waals surface area contributed by atoms with Crippen LogP contribution in [0, 0.1) is 19.7 Å². The summed E-state index contributed by atoms with van der Waals surface area (Å²) in [5, 5.41) is 13.2. The minimum Gasteiger partial charge on any atom is -0.362 e. The highest BCUT2D eigenvalue weighted by molar-refractivity contribution is 5.94. The van der Waals surface area contributed by atoms with Crippen molar-refractivity contribution in [3.05, 3.63) is 52.6 Å². The number of likely N-dealkylation sites (N-methyl/N-ethyl adjacent to an activating group) is 1. The van der Waals surface area contributed by atoms with Gasteiger partial charge in [0.15, 0.2) is 5.82 Å². The summed E-state index contributed by atoms with van der Waals surface area (Å²) < 4.78 is 54.2. The average molecular weight is 462 g/mol. The Labute approximate surface area is 189 Å². The second-order valence-corrected chi connectivity index (χ2v) is 8.54. The Hall–Kier alpha value is -3.01. The molecule has 6 nitrogen and oxygen atoms in total. The summed E-state index contributed by atoms with van der Waals surface area (Å²) in [5.74, 6) is 0.288. The molecule has 0 radical (unpaired) electrons. The SMILES string of the molecule is Cc1c([C@@H](C)Nc2nnc(C)c3cnc(N4CCN(C)CC4)cc23)cc(F)cc1C(F)(F)F. The maximum Gasteiger partial charge on any atom is 0.416 e. The Balaban J connectivity index is 1.71. The van der Waals surface area contributed by atoms with Gasteiger partial charge < -0.3 is 15.1 Å². The van der Waals surface area contributed by atoms with E-state index in [2.05, 4.69) is 37.3 Å². The highest BCUT2D eigenvalue weighted by atomic mass is 19.4. The van der Waals surface area contributed by atoms with Crippen LogP contribution in [-0.4, -0.2) is 53.3 Å². The third kappa shape index (κ3) is 4.71. The molecule has 3 heterocycles. The van der Waals surface area contributed by atoms with Gasteiger partial charge in [-0.05, 0) is 57.1 Å².